The average Bonchev–Trinajstić information content (AvgIpc) is 3.00. The largest absolute Gasteiger partial charge is 0.379 e. The van der Waals surface area contributed by atoms with Crippen molar-refractivity contribution in [2.75, 3.05) is 26.3 Å². The van der Waals surface area contributed by atoms with Crippen LogP contribution in [0.1, 0.15) is 24.2 Å². The van der Waals surface area contributed by atoms with Crippen molar-refractivity contribution in [2.24, 2.45) is 0 Å². The number of para-hydroxylation sites is 2. The van der Waals surface area contributed by atoms with E-state index in [1.54, 1.807) is 0 Å². The van der Waals surface area contributed by atoms with Gasteiger partial charge in [-0.25, -0.2) is 0 Å². The van der Waals surface area contributed by atoms with Gasteiger partial charge in [-0.3, -0.25) is 9.69 Å². The van der Waals surface area contributed by atoms with E-state index < -0.39 is 5.54 Å². The molecule has 4 heteroatoms. The molecular weight excluding hydrogens is 300 g/mol. The average molecular weight is 322 g/mol. The molecule has 1 saturated heterocycles. The molecular formula is C20H22N2O2. The first-order chi connectivity index (χ1) is 11.6. The molecule has 0 unspecified atom stereocenters. The summed E-state index contributed by atoms with van der Waals surface area (Å²) >= 11 is 0. The Morgan fingerprint density at radius 1 is 1.04 bits per heavy atom. The molecule has 0 spiro atoms. The van der Waals surface area contributed by atoms with E-state index in [-0.39, 0.29) is 5.78 Å². The summed E-state index contributed by atoms with van der Waals surface area (Å²) in [5, 5.41) is 2.26. The van der Waals surface area contributed by atoms with Crippen molar-refractivity contribution in [2.45, 2.75) is 19.4 Å². The second-order valence-electron chi connectivity index (χ2n) is 6.89. The molecule has 124 valence electrons. The van der Waals surface area contributed by atoms with Crippen LogP contribution >= 0.6 is 0 Å². The summed E-state index contributed by atoms with van der Waals surface area (Å²) in [6.07, 6.45) is 0. The van der Waals surface area contributed by atoms with E-state index in [0.717, 1.165) is 40.5 Å². The smallest absolute Gasteiger partial charge is 0.184 e. The zero-order valence-electron chi connectivity index (χ0n) is 14.1. The molecule has 0 aliphatic carbocycles. The van der Waals surface area contributed by atoms with Gasteiger partial charge in [-0.2, -0.15) is 0 Å². The van der Waals surface area contributed by atoms with Gasteiger partial charge in [0, 0.05) is 34.9 Å². The number of Topliss-reactive ketones (excluding diaryl/α,β-unsaturated/α-hetero) is 1. The Bertz CT molecular complexity index is 904. The third-order valence-corrected chi connectivity index (χ3v) is 5.14. The fraction of sp³-hybridized carbons (Fsp3) is 0.350. The van der Waals surface area contributed by atoms with Crippen molar-refractivity contribution < 1.29 is 9.53 Å². The predicted molar refractivity (Wildman–Crippen MR) is 96.6 cm³/mol. The van der Waals surface area contributed by atoms with Crippen LogP contribution < -0.4 is 0 Å². The van der Waals surface area contributed by atoms with Gasteiger partial charge in [-0.05, 0) is 26.0 Å². The zero-order chi connectivity index (χ0) is 16.7. The SMILES string of the molecule is CC(C)(C(=O)c1cccc2c1[nH]c1ccccc12)N1CCOCC1. The number of nitrogens with one attached hydrogen (secondary N) is 1. The lowest BCUT2D eigenvalue weighted by Crippen LogP contribution is -2.54. The van der Waals surface area contributed by atoms with Crippen LogP contribution in [0.2, 0.25) is 0 Å². The van der Waals surface area contributed by atoms with Crippen molar-refractivity contribution in [1.29, 1.82) is 0 Å². The monoisotopic (exact) mass is 322 g/mol. The first-order valence-corrected chi connectivity index (χ1v) is 8.46. The highest BCUT2D eigenvalue weighted by molar-refractivity contribution is 6.17. The Morgan fingerprint density at radius 3 is 2.54 bits per heavy atom. The summed E-state index contributed by atoms with van der Waals surface area (Å²) < 4.78 is 5.43. The molecule has 4 nitrogen and oxygen atoms in total. The molecule has 0 bridgehead atoms. The van der Waals surface area contributed by atoms with Gasteiger partial charge in [0.1, 0.15) is 0 Å². The van der Waals surface area contributed by atoms with Crippen LogP contribution in [0.5, 0.6) is 0 Å². The van der Waals surface area contributed by atoms with Crippen LogP contribution in [0.4, 0.5) is 0 Å². The number of nitrogens with zero attached hydrogens (tertiary/aromatic N) is 1. The molecule has 2 heterocycles. The summed E-state index contributed by atoms with van der Waals surface area (Å²) in [5.74, 6) is 0.154. The molecule has 0 atom stereocenters. The van der Waals surface area contributed by atoms with E-state index in [9.17, 15) is 4.79 Å². The molecule has 4 rings (SSSR count). The summed E-state index contributed by atoms with van der Waals surface area (Å²) in [6, 6.07) is 14.2. The molecule has 1 aliphatic rings. The minimum Gasteiger partial charge on any atom is -0.379 e. The zero-order valence-corrected chi connectivity index (χ0v) is 14.1. The first-order valence-electron chi connectivity index (χ1n) is 8.46. The van der Waals surface area contributed by atoms with E-state index in [2.05, 4.69) is 28.1 Å². The van der Waals surface area contributed by atoms with Crippen LogP contribution in [0.3, 0.4) is 0 Å². The fourth-order valence-electron chi connectivity index (χ4n) is 3.66. The Kier molecular flexibility index (Phi) is 3.66. The summed E-state index contributed by atoms with van der Waals surface area (Å²) in [6.45, 7) is 6.99. The molecule has 3 aromatic rings. The third-order valence-electron chi connectivity index (χ3n) is 5.14. The molecule has 1 N–H and O–H groups in total. The number of aromatic nitrogens is 1. The summed E-state index contributed by atoms with van der Waals surface area (Å²) in [7, 11) is 0. The van der Waals surface area contributed by atoms with Crippen molar-refractivity contribution in [3.63, 3.8) is 0 Å². The highest BCUT2D eigenvalue weighted by Crippen LogP contribution is 2.30. The normalized spacial score (nSPS) is 16.8. The van der Waals surface area contributed by atoms with Gasteiger partial charge in [0.05, 0.1) is 24.3 Å². The Morgan fingerprint density at radius 2 is 1.75 bits per heavy atom. The number of benzene rings is 2. The van der Waals surface area contributed by atoms with Crippen LogP contribution in [-0.2, 0) is 4.74 Å². The predicted octanol–water partition coefficient (Wildman–Crippen LogP) is 3.61. The first kappa shape index (κ1) is 15.4. The molecule has 1 fully saturated rings. The van der Waals surface area contributed by atoms with Crippen molar-refractivity contribution in [3.05, 3.63) is 48.0 Å². The van der Waals surface area contributed by atoms with E-state index >= 15 is 0 Å². The number of morpholine rings is 1. The molecule has 1 aromatic heterocycles. The number of carbonyl (C=O) groups is 1. The molecule has 1 aliphatic heterocycles. The van der Waals surface area contributed by atoms with Gasteiger partial charge in [0.25, 0.3) is 0 Å². The maximum atomic E-state index is 13.4. The molecule has 0 amide bonds. The van der Waals surface area contributed by atoms with Crippen LogP contribution in [0.15, 0.2) is 42.5 Å². The second kappa shape index (κ2) is 5.72. The van der Waals surface area contributed by atoms with Crippen molar-refractivity contribution in [3.8, 4) is 0 Å². The lowest BCUT2D eigenvalue weighted by Gasteiger charge is -2.39. The Balaban J connectivity index is 1.82. The van der Waals surface area contributed by atoms with Gasteiger partial charge in [0.2, 0.25) is 0 Å². The number of ketones is 1. The third kappa shape index (κ3) is 2.34. The Labute approximate surface area is 141 Å². The van der Waals surface area contributed by atoms with Gasteiger partial charge in [-0.1, -0.05) is 30.3 Å². The number of aromatic amines is 1. The van der Waals surface area contributed by atoms with Crippen LogP contribution in [-0.4, -0.2) is 47.5 Å². The lowest BCUT2D eigenvalue weighted by molar-refractivity contribution is -0.00424. The van der Waals surface area contributed by atoms with E-state index in [4.69, 9.17) is 4.74 Å². The summed E-state index contributed by atoms with van der Waals surface area (Å²) in [5.41, 5.74) is 2.22. The van der Waals surface area contributed by atoms with E-state index in [1.165, 1.54) is 0 Å². The quantitative estimate of drug-likeness (QED) is 0.749. The van der Waals surface area contributed by atoms with Gasteiger partial charge in [0.15, 0.2) is 5.78 Å². The topological polar surface area (TPSA) is 45.3 Å². The van der Waals surface area contributed by atoms with Gasteiger partial charge < -0.3 is 9.72 Å². The number of hydrogen-bond acceptors (Lipinski definition) is 3. The number of ether oxygens (including phenoxy) is 1. The van der Waals surface area contributed by atoms with Gasteiger partial charge >= 0.3 is 0 Å². The number of fused-ring (bicyclic) bond motifs is 3. The minimum atomic E-state index is -0.546. The standard InChI is InChI=1S/C20H22N2O2/c1-20(2,22-10-12-24-13-11-22)19(23)16-8-5-7-15-14-6-3-4-9-17(14)21-18(15)16/h3-9,21H,10-13H2,1-2H3. The maximum absolute atomic E-state index is 13.4. The van der Waals surface area contributed by atoms with Crippen LogP contribution in [0, 0.1) is 0 Å². The van der Waals surface area contributed by atoms with E-state index in [1.807, 2.05) is 38.1 Å². The number of carbonyl (C=O) groups excluding carboxylic acids is 1. The van der Waals surface area contributed by atoms with Crippen molar-refractivity contribution >= 4 is 27.6 Å². The molecule has 2 aromatic carbocycles. The molecule has 0 radical (unpaired) electrons. The molecule has 24 heavy (non-hydrogen) atoms. The second-order valence-corrected chi connectivity index (χ2v) is 6.89. The minimum absolute atomic E-state index is 0.154. The number of hydrogen-bond donors (Lipinski definition) is 1. The maximum Gasteiger partial charge on any atom is 0.184 e. The fourth-order valence-corrected chi connectivity index (χ4v) is 3.66. The highest BCUT2D eigenvalue weighted by Gasteiger charge is 2.36. The van der Waals surface area contributed by atoms with E-state index in [0.29, 0.717) is 13.2 Å². The molecule has 0 saturated carbocycles. The van der Waals surface area contributed by atoms with Crippen molar-refractivity contribution in [1.82, 2.24) is 9.88 Å². The highest BCUT2D eigenvalue weighted by atomic mass is 16.5. The number of rotatable bonds is 3. The Hall–Kier alpha value is -2.17. The lowest BCUT2D eigenvalue weighted by atomic mass is 9.89. The van der Waals surface area contributed by atoms with Crippen LogP contribution in [0.25, 0.3) is 21.8 Å². The van der Waals surface area contributed by atoms with Gasteiger partial charge in [-0.15, -0.1) is 0 Å². The number of H-pyrrole nitrogens is 1. The summed E-state index contributed by atoms with van der Waals surface area (Å²) in [4.78, 5) is 19.0.